The first-order valence-corrected chi connectivity index (χ1v) is 11.5. The van der Waals surface area contributed by atoms with E-state index in [-0.39, 0.29) is 24.4 Å². The smallest absolute Gasteiger partial charge is 0.336 e. The molecule has 0 bridgehead atoms. The first kappa shape index (κ1) is 23.8. The Bertz CT molecular complexity index is 1450. The minimum atomic E-state index is -0.512. The molecule has 0 atom stereocenters. The Balaban J connectivity index is 1.40. The SMILES string of the molecule is CC(C)COc1nc(-c2ccc3c(c2)OCO3)n(-c2ccc(NC(=O)c3ccc([N+](=O)[O-])cc3)cc2)n1. The molecule has 1 N–H and O–H groups in total. The molecule has 11 nitrogen and oxygen atoms in total. The summed E-state index contributed by atoms with van der Waals surface area (Å²) in [4.78, 5) is 27.5. The average molecular weight is 501 g/mol. The fourth-order valence-corrected chi connectivity index (χ4v) is 3.62. The molecule has 5 rings (SSSR count). The Labute approximate surface area is 211 Å². The molecule has 11 heteroatoms. The number of nitrogens with one attached hydrogen (secondary N) is 1. The zero-order chi connectivity index (χ0) is 25.9. The van der Waals surface area contributed by atoms with Crippen LogP contribution in [0.1, 0.15) is 24.2 Å². The maximum atomic E-state index is 12.6. The molecular formula is C26H23N5O6. The van der Waals surface area contributed by atoms with E-state index in [1.807, 2.05) is 32.0 Å². The summed E-state index contributed by atoms with van der Waals surface area (Å²) < 4.78 is 18.4. The standard InChI is InChI=1S/C26H23N5O6/c1-16(2)14-35-26-28-24(18-5-12-22-23(13-18)37-15-36-22)30(29-26)20-10-6-19(7-11-20)27-25(32)17-3-8-21(9-4-17)31(33)34/h3-13,16H,14-15H2,1-2H3,(H,27,32). The molecule has 0 spiro atoms. The highest BCUT2D eigenvalue weighted by molar-refractivity contribution is 6.04. The number of nitro groups is 1. The second kappa shape index (κ2) is 9.97. The Morgan fingerprint density at radius 3 is 2.51 bits per heavy atom. The van der Waals surface area contributed by atoms with Crippen molar-refractivity contribution in [1.29, 1.82) is 0 Å². The summed E-state index contributed by atoms with van der Waals surface area (Å²) in [6.45, 7) is 4.72. The number of nitrogens with zero attached hydrogens (tertiary/aromatic N) is 4. The summed E-state index contributed by atoms with van der Waals surface area (Å²) in [6.07, 6.45) is 0. The van der Waals surface area contributed by atoms with Gasteiger partial charge in [0.05, 0.1) is 17.2 Å². The summed E-state index contributed by atoms with van der Waals surface area (Å²) in [5, 5.41) is 18.2. The third-order valence-electron chi connectivity index (χ3n) is 5.47. The molecule has 0 saturated carbocycles. The molecule has 0 saturated heterocycles. The van der Waals surface area contributed by atoms with Gasteiger partial charge in [0, 0.05) is 28.9 Å². The van der Waals surface area contributed by atoms with Crippen LogP contribution in [0.4, 0.5) is 11.4 Å². The zero-order valence-corrected chi connectivity index (χ0v) is 20.1. The molecule has 37 heavy (non-hydrogen) atoms. The number of carbonyl (C=O) groups is 1. The van der Waals surface area contributed by atoms with Crippen molar-refractivity contribution >= 4 is 17.3 Å². The van der Waals surface area contributed by atoms with Gasteiger partial charge >= 0.3 is 6.01 Å². The Morgan fingerprint density at radius 1 is 1.08 bits per heavy atom. The molecule has 1 aliphatic heterocycles. The number of fused-ring (bicyclic) bond motifs is 1. The lowest BCUT2D eigenvalue weighted by molar-refractivity contribution is -0.384. The van der Waals surface area contributed by atoms with Crippen LogP contribution in [-0.2, 0) is 0 Å². The molecule has 0 radical (unpaired) electrons. The fraction of sp³-hybridized carbons (Fsp3) is 0.192. The highest BCUT2D eigenvalue weighted by atomic mass is 16.7. The van der Waals surface area contributed by atoms with Gasteiger partial charge in [0.2, 0.25) is 6.79 Å². The number of amides is 1. The summed E-state index contributed by atoms with van der Waals surface area (Å²) in [5.74, 6) is 1.77. The maximum Gasteiger partial charge on any atom is 0.336 e. The molecule has 4 aromatic rings. The van der Waals surface area contributed by atoms with Crippen LogP contribution in [0, 0.1) is 16.0 Å². The molecule has 188 valence electrons. The largest absolute Gasteiger partial charge is 0.462 e. The van der Waals surface area contributed by atoms with E-state index in [1.54, 1.807) is 28.9 Å². The zero-order valence-electron chi connectivity index (χ0n) is 20.1. The molecule has 1 aliphatic rings. The summed E-state index contributed by atoms with van der Waals surface area (Å²) in [5.41, 5.74) is 2.25. The van der Waals surface area contributed by atoms with E-state index >= 15 is 0 Å². The van der Waals surface area contributed by atoms with E-state index in [4.69, 9.17) is 14.2 Å². The quantitative estimate of drug-likeness (QED) is 0.268. The Kier molecular flexibility index (Phi) is 6.42. The van der Waals surface area contributed by atoms with E-state index in [9.17, 15) is 14.9 Å². The van der Waals surface area contributed by atoms with Gasteiger partial charge < -0.3 is 19.5 Å². The number of aromatic nitrogens is 3. The lowest BCUT2D eigenvalue weighted by Crippen LogP contribution is -2.12. The van der Waals surface area contributed by atoms with Crippen LogP contribution in [-0.4, -0.2) is 39.0 Å². The van der Waals surface area contributed by atoms with Gasteiger partial charge in [0.15, 0.2) is 17.3 Å². The van der Waals surface area contributed by atoms with Crippen LogP contribution in [0.25, 0.3) is 17.1 Å². The number of hydrogen-bond donors (Lipinski definition) is 1. The predicted molar refractivity (Wildman–Crippen MR) is 134 cm³/mol. The van der Waals surface area contributed by atoms with Gasteiger partial charge in [0.1, 0.15) is 0 Å². The normalized spacial score (nSPS) is 12.0. The maximum absolute atomic E-state index is 12.6. The van der Waals surface area contributed by atoms with Crippen LogP contribution >= 0.6 is 0 Å². The molecule has 2 heterocycles. The second-order valence-corrected chi connectivity index (χ2v) is 8.71. The molecule has 1 aromatic heterocycles. The number of benzene rings is 3. The lowest BCUT2D eigenvalue weighted by atomic mass is 10.1. The van der Waals surface area contributed by atoms with Gasteiger partial charge in [-0.05, 0) is 60.5 Å². The third-order valence-corrected chi connectivity index (χ3v) is 5.47. The van der Waals surface area contributed by atoms with Crippen molar-refractivity contribution in [2.45, 2.75) is 13.8 Å². The van der Waals surface area contributed by atoms with Gasteiger partial charge in [-0.15, -0.1) is 5.10 Å². The van der Waals surface area contributed by atoms with Gasteiger partial charge in [0.25, 0.3) is 11.6 Å². The third kappa shape index (κ3) is 5.20. The Hall–Kier alpha value is -4.93. The van der Waals surface area contributed by atoms with Crippen LogP contribution in [0.3, 0.4) is 0 Å². The first-order chi connectivity index (χ1) is 17.9. The lowest BCUT2D eigenvalue weighted by Gasteiger charge is -2.09. The van der Waals surface area contributed by atoms with Crippen LogP contribution < -0.4 is 19.5 Å². The molecule has 1 amide bonds. The first-order valence-electron chi connectivity index (χ1n) is 11.5. The summed E-state index contributed by atoms with van der Waals surface area (Å²) in [7, 11) is 0. The van der Waals surface area contributed by atoms with Gasteiger partial charge in [-0.1, -0.05) is 13.8 Å². The van der Waals surface area contributed by atoms with Gasteiger partial charge in [-0.2, -0.15) is 4.98 Å². The van der Waals surface area contributed by atoms with Crippen LogP contribution in [0.2, 0.25) is 0 Å². The summed E-state index contributed by atoms with van der Waals surface area (Å²) >= 11 is 0. The van der Waals surface area contributed by atoms with Gasteiger partial charge in [-0.25, -0.2) is 4.68 Å². The number of carbonyl (C=O) groups excluding carboxylic acids is 1. The fourth-order valence-electron chi connectivity index (χ4n) is 3.62. The molecule has 0 fully saturated rings. The van der Waals surface area contributed by atoms with Crippen molar-refractivity contribution in [2.24, 2.45) is 5.92 Å². The molecule has 0 unspecified atom stereocenters. The molecule has 3 aromatic carbocycles. The average Bonchev–Trinajstić information content (AvgIpc) is 3.54. The van der Waals surface area contributed by atoms with Crippen LogP contribution in [0.15, 0.2) is 66.7 Å². The van der Waals surface area contributed by atoms with E-state index in [1.165, 1.54) is 24.3 Å². The predicted octanol–water partition coefficient (Wildman–Crippen LogP) is 4.86. The highest BCUT2D eigenvalue weighted by Gasteiger charge is 2.20. The van der Waals surface area contributed by atoms with Crippen molar-refractivity contribution in [3.8, 4) is 34.6 Å². The monoisotopic (exact) mass is 501 g/mol. The summed E-state index contributed by atoms with van der Waals surface area (Å²) in [6, 6.07) is 18.2. The minimum Gasteiger partial charge on any atom is -0.462 e. The van der Waals surface area contributed by atoms with Crippen molar-refractivity contribution in [1.82, 2.24) is 14.8 Å². The van der Waals surface area contributed by atoms with E-state index in [2.05, 4.69) is 15.4 Å². The van der Waals surface area contributed by atoms with Crippen molar-refractivity contribution in [3.63, 3.8) is 0 Å². The van der Waals surface area contributed by atoms with E-state index in [0.717, 1.165) is 5.56 Å². The van der Waals surface area contributed by atoms with E-state index in [0.29, 0.717) is 46.8 Å². The van der Waals surface area contributed by atoms with Gasteiger partial charge in [-0.3, -0.25) is 14.9 Å². The number of anilines is 1. The molecular weight excluding hydrogens is 478 g/mol. The van der Waals surface area contributed by atoms with Crippen molar-refractivity contribution in [3.05, 3.63) is 82.4 Å². The van der Waals surface area contributed by atoms with Crippen molar-refractivity contribution in [2.75, 3.05) is 18.7 Å². The molecule has 0 aliphatic carbocycles. The topological polar surface area (TPSA) is 131 Å². The van der Waals surface area contributed by atoms with Crippen molar-refractivity contribution < 1.29 is 23.9 Å². The van der Waals surface area contributed by atoms with Crippen LogP contribution in [0.5, 0.6) is 17.5 Å². The number of ether oxygens (including phenoxy) is 3. The number of rotatable bonds is 8. The number of non-ortho nitro benzene ring substituents is 1. The number of hydrogen-bond acceptors (Lipinski definition) is 8. The van der Waals surface area contributed by atoms with E-state index < -0.39 is 4.92 Å². The number of nitro benzene ring substituents is 1. The Morgan fingerprint density at radius 2 is 1.81 bits per heavy atom. The highest BCUT2D eigenvalue weighted by Crippen LogP contribution is 2.36. The second-order valence-electron chi connectivity index (χ2n) is 8.71. The minimum absolute atomic E-state index is 0.0799.